The number of pyridine rings is 1. The number of hydrogen-bond donors (Lipinski definition) is 0. The number of carbonyl (C=O) groups is 1. The zero-order valence-corrected chi connectivity index (χ0v) is 15.6. The number of nitrogens with zero attached hydrogens (tertiary/aromatic N) is 3. The average molecular weight is 370 g/mol. The van der Waals surface area contributed by atoms with Crippen LogP contribution in [-0.4, -0.2) is 40.6 Å². The highest BCUT2D eigenvalue weighted by Crippen LogP contribution is 2.34. The second-order valence-corrected chi connectivity index (χ2v) is 8.11. The number of amides is 1. The molecule has 1 aliphatic heterocycles. The van der Waals surface area contributed by atoms with Gasteiger partial charge in [-0.3, -0.25) is 4.79 Å². The van der Waals surface area contributed by atoms with Gasteiger partial charge in [0.15, 0.2) is 0 Å². The Bertz CT molecular complexity index is 883. The van der Waals surface area contributed by atoms with Crippen molar-refractivity contribution < 1.29 is 4.79 Å². The van der Waals surface area contributed by atoms with Gasteiger partial charge in [0.25, 0.3) is 0 Å². The van der Waals surface area contributed by atoms with E-state index in [1.165, 1.54) is 4.90 Å². The average Bonchev–Trinajstić information content (AvgIpc) is 3.11. The van der Waals surface area contributed by atoms with Gasteiger partial charge in [0, 0.05) is 29.5 Å². The third kappa shape index (κ3) is 3.41. The number of piperidine rings is 1. The summed E-state index contributed by atoms with van der Waals surface area (Å²) in [5, 5.41) is 1.16. The molecule has 6 heteroatoms. The van der Waals surface area contributed by atoms with Crippen LogP contribution in [0.1, 0.15) is 23.8 Å². The van der Waals surface area contributed by atoms with E-state index in [0.717, 1.165) is 59.0 Å². The third-order valence-electron chi connectivity index (χ3n) is 4.69. The Labute approximate surface area is 155 Å². The molecule has 3 aromatic rings. The van der Waals surface area contributed by atoms with Crippen LogP contribution in [0.3, 0.4) is 0 Å². The molecule has 4 nitrogen and oxygen atoms in total. The van der Waals surface area contributed by atoms with Gasteiger partial charge >= 0.3 is 0 Å². The van der Waals surface area contributed by atoms with Gasteiger partial charge in [-0.15, -0.1) is 11.8 Å². The predicted molar refractivity (Wildman–Crippen MR) is 104 cm³/mol. The summed E-state index contributed by atoms with van der Waals surface area (Å²) < 4.78 is 0. The van der Waals surface area contributed by atoms with E-state index in [0.29, 0.717) is 5.92 Å². The number of thiazole rings is 1. The van der Waals surface area contributed by atoms with E-state index >= 15 is 0 Å². The Kier molecular flexibility index (Phi) is 4.72. The lowest BCUT2D eigenvalue weighted by Gasteiger charge is -2.27. The molecule has 0 saturated carbocycles. The second-order valence-electron chi connectivity index (χ2n) is 6.22. The van der Waals surface area contributed by atoms with Gasteiger partial charge in [-0.1, -0.05) is 23.5 Å². The van der Waals surface area contributed by atoms with Crippen molar-refractivity contribution >= 4 is 39.9 Å². The molecule has 128 valence electrons. The van der Waals surface area contributed by atoms with Gasteiger partial charge in [-0.05, 0) is 43.4 Å². The minimum absolute atomic E-state index is 0.444. The number of fused-ring (bicyclic) bond motifs is 1. The molecule has 0 N–H and O–H groups in total. The van der Waals surface area contributed by atoms with Crippen LogP contribution in [-0.2, 0) is 4.79 Å². The van der Waals surface area contributed by atoms with Crippen LogP contribution in [0.4, 0.5) is 0 Å². The smallest absolute Gasteiger partial charge is 0.209 e. The standard InChI is InChI=1S/C19H19N3OS2/c1-24-15-4-2-13(3-5-15)16-6-7-17-19(20-16)25-18(21-17)14-8-10-22(12-23)11-9-14/h2-7,12,14H,8-11H2,1H3. The van der Waals surface area contributed by atoms with Crippen molar-refractivity contribution in [2.45, 2.75) is 23.7 Å². The first-order chi connectivity index (χ1) is 12.3. The van der Waals surface area contributed by atoms with Gasteiger partial charge in [-0.25, -0.2) is 9.97 Å². The van der Waals surface area contributed by atoms with Crippen LogP contribution in [0.15, 0.2) is 41.3 Å². The first kappa shape index (κ1) is 16.5. The second kappa shape index (κ2) is 7.14. The van der Waals surface area contributed by atoms with Crippen molar-refractivity contribution in [3.63, 3.8) is 0 Å². The van der Waals surface area contributed by atoms with Gasteiger partial charge < -0.3 is 4.90 Å². The Hall–Kier alpha value is -1.92. The van der Waals surface area contributed by atoms with E-state index in [-0.39, 0.29) is 0 Å². The van der Waals surface area contributed by atoms with Crippen molar-refractivity contribution in [3.05, 3.63) is 41.4 Å². The van der Waals surface area contributed by atoms with Crippen LogP contribution < -0.4 is 0 Å². The number of carbonyl (C=O) groups excluding carboxylic acids is 1. The maximum Gasteiger partial charge on any atom is 0.209 e. The van der Waals surface area contributed by atoms with E-state index in [9.17, 15) is 4.79 Å². The number of benzene rings is 1. The molecule has 0 bridgehead atoms. The van der Waals surface area contributed by atoms with Gasteiger partial charge in [0.1, 0.15) is 10.3 Å². The number of rotatable bonds is 4. The highest BCUT2D eigenvalue weighted by molar-refractivity contribution is 7.98. The summed E-state index contributed by atoms with van der Waals surface area (Å²) >= 11 is 3.44. The fourth-order valence-electron chi connectivity index (χ4n) is 3.18. The normalized spacial score (nSPS) is 15.6. The summed E-state index contributed by atoms with van der Waals surface area (Å²) in [4.78, 5) is 24.6. The van der Waals surface area contributed by atoms with Crippen LogP contribution >= 0.6 is 23.1 Å². The van der Waals surface area contributed by atoms with Crippen molar-refractivity contribution in [2.24, 2.45) is 0 Å². The molecule has 0 unspecified atom stereocenters. The summed E-state index contributed by atoms with van der Waals surface area (Å²) in [5.41, 5.74) is 3.10. The van der Waals surface area contributed by atoms with Crippen molar-refractivity contribution in [3.8, 4) is 11.3 Å². The monoisotopic (exact) mass is 369 g/mol. The molecule has 1 fully saturated rings. The first-order valence-electron chi connectivity index (χ1n) is 8.38. The van der Waals surface area contributed by atoms with Gasteiger partial charge in [-0.2, -0.15) is 0 Å². The third-order valence-corrected chi connectivity index (χ3v) is 6.56. The molecule has 0 spiro atoms. The number of hydrogen-bond acceptors (Lipinski definition) is 5. The quantitative estimate of drug-likeness (QED) is 0.505. The number of likely N-dealkylation sites (tertiary alicyclic amines) is 1. The Balaban J connectivity index is 1.59. The Morgan fingerprint density at radius 2 is 1.88 bits per heavy atom. The molecule has 1 amide bonds. The zero-order valence-electron chi connectivity index (χ0n) is 14.0. The minimum atomic E-state index is 0.444. The predicted octanol–water partition coefficient (Wildman–Crippen LogP) is 4.42. The molecule has 0 aliphatic carbocycles. The maximum absolute atomic E-state index is 10.9. The summed E-state index contributed by atoms with van der Waals surface area (Å²) in [7, 11) is 0. The summed E-state index contributed by atoms with van der Waals surface area (Å²) in [5.74, 6) is 0.444. The van der Waals surface area contributed by atoms with Gasteiger partial charge in [0.05, 0.1) is 10.7 Å². The van der Waals surface area contributed by atoms with E-state index in [4.69, 9.17) is 9.97 Å². The van der Waals surface area contributed by atoms with Crippen molar-refractivity contribution in [2.75, 3.05) is 19.3 Å². The SMILES string of the molecule is CSc1ccc(-c2ccc3nc(C4CCN(C=O)CC4)sc3n2)cc1. The van der Waals surface area contributed by atoms with Crippen LogP contribution in [0, 0.1) is 0 Å². The highest BCUT2D eigenvalue weighted by Gasteiger charge is 2.22. The largest absolute Gasteiger partial charge is 0.345 e. The van der Waals surface area contributed by atoms with E-state index in [1.54, 1.807) is 23.1 Å². The lowest BCUT2D eigenvalue weighted by Crippen LogP contribution is -2.31. The van der Waals surface area contributed by atoms with E-state index in [1.807, 2.05) is 4.90 Å². The molecule has 25 heavy (non-hydrogen) atoms. The minimum Gasteiger partial charge on any atom is -0.345 e. The lowest BCUT2D eigenvalue weighted by atomic mass is 9.98. The molecule has 3 heterocycles. The summed E-state index contributed by atoms with van der Waals surface area (Å²) in [6.07, 6.45) is 5.01. The topological polar surface area (TPSA) is 46.1 Å². The lowest BCUT2D eigenvalue weighted by molar-refractivity contribution is -0.119. The number of thioether (sulfide) groups is 1. The fourth-order valence-corrected chi connectivity index (χ4v) is 4.70. The fraction of sp³-hybridized carbons (Fsp3) is 0.316. The van der Waals surface area contributed by atoms with Gasteiger partial charge in [0.2, 0.25) is 6.41 Å². The van der Waals surface area contributed by atoms with Crippen LogP contribution in [0.2, 0.25) is 0 Å². The van der Waals surface area contributed by atoms with Crippen molar-refractivity contribution in [1.29, 1.82) is 0 Å². The molecule has 1 aromatic carbocycles. The Morgan fingerprint density at radius 1 is 1.12 bits per heavy atom. The van der Waals surface area contributed by atoms with E-state index in [2.05, 4.69) is 42.7 Å². The van der Waals surface area contributed by atoms with Crippen LogP contribution in [0.5, 0.6) is 0 Å². The summed E-state index contributed by atoms with van der Waals surface area (Å²) in [6.45, 7) is 1.65. The molecule has 0 radical (unpaired) electrons. The molecule has 4 rings (SSSR count). The zero-order chi connectivity index (χ0) is 17.2. The van der Waals surface area contributed by atoms with E-state index < -0.39 is 0 Å². The first-order valence-corrected chi connectivity index (χ1v) is 10.4. The molecule has 2 aromatic heterocycles. The molecule has 1 aliphatic rings. The Morgan fingerprint density at radius 3 is 2.56 bits per heavy atom. The molecule has 1 saturated heterocycles. The van der Waals surface area contributed by atoms with Crippen LogP contribution in [0.25, 0.3) is 21.6 Å². The molecule has 0 atom stereocenters. The highest BCUT2D eigenvalue weighted by atomic mass is 32.2. The summed E-state index contributed by atoms with van der Waals surface area (Å²) in [6, 6.07) is 12.6. The maximum atomic E-state index is 10.9. The molecular formula is C19H19N3OS2. The molecular weight excluding hydrogens is 350 g/mol. The van der Waals surface area contributed by atoms with Crippen molar-refractivity contribution in [1.82, 2.24) is 14.9 Å². The number of aromatic nitrogens is 2.